The van der Waals surface area contributed by atoms with Gasteiger partial charge < -0.3 is 0 Å². The molecular weight excluding hydrogens is 244 g/mol. The van der Waals surface area contributed by atoms with Crippen LogP contribution in [0.4, 0.5) is 0 Å². The van der Waals surface area contributed by atoms with Crippen LogP contribution in [0.5, 0.6) is 0 Å². The Bertz CT molecular complexity index is 472. The normalized spacial score (nSPS) is 12.8. The van der Waals surface area contributed by atoms with Crippen molar-refractivity contribution in [3.05, 3.63) is 41.5 Å². The minimum atomic E-state index is -3.23. The number of rotatable bonds is 4. The van der Waals surface area contributed by atoms with Gasteiger partial charge in [-0.05, 0) is 26.0 Å². The Balaban J connectivity index is 2.95. The summed E-state index contributed by atoms with van der Waals surface area (Å²) in [5.74, 6) is 0.373. The van der Waals surface area contributed by atoms with E-state index in [2.05, 4.69) is 0 Å². The summed E-state index contributed by atoms with van der Waals surface area (Å²) in [7, 11) is -3.23. The molecule has 0 saturated carbocycles. The van der Waals surface area contributed by atoms with Gasteiger partial charge in [-0.3, -0.25) is 0 Å². The third kappa shape index (κ3) is 3.65. The lowest BCUT2D eigenvalue weighted by Crippen LogP contribution is -2.07. The van der Waals surface area contributed by atoms with E-state index < -0.39 is 9.84 Å². The van der Waals surface area contributed by atoms with Crippen LogP contribution in [0.3, 0.4) is 0 Å². The van der Waals surface area contributed by atoms with Crippen molar-refractivity contribution in [2.24, 2.45) is 0 Å². The van der Waals surface area contributed by atoms with E-state index in [4.69, 9.17) is 11.6 Å². The molecule has 1 aromatic carbocycles. The lowest BCUT2D eigenvalue weighted by Gasteiger charge is -2.05. The van der Waals surface area contributed by atoms with E-state index in [1.807, 2.05) is 6.92 Å². The Labute approximate surface area is 102 Å². The van der Waals surface area contributed by atoms with Crippen LogP contribution in [0.2, 0.25) is 0 Å². The van der Waals surface area contributed by atoms with E-state index >= 15 is 0 Å². The van der Waals surface area contributed by atoms with Crippen LogP contribution in [0.15, 0.2) is 40.8 Å². The molecule has 0 fully saturated rings. The average Bonchev–Trinajstić information content (AvgIpc) is 2.17. The summed E-state index contributed by atoms with van der Waals surface area (Å²) < 4.78 is 23.9. The van der Waals surface area contributed by atoms with E-state index in [0.29, 0.717) is 10.8 Å². The van der Waals surface area contributed by atoms with Crippen molar-refractivity contribution < 1.29 is 8.42 Å². The molecule has 0 aliphatic carbocycles. The molecule has 4 heteroatoms. The van der Waals surface area contributed by atoms with Crippen molar-refractivity contribution in [3.63, 3.8) is 0 Å². The quantitative estimate of drug-likeness (QED) is 0.615. The van der Waals surface area contributed by atoms with Crippen molar-refractivity contribution in [2.75, 3.05) is 11.6 Å². The number of halogens is 1. The largest absolute Gasteiger partial charge is 0.223 e. The van der Waals surface area contributed by atoms with Crippen LogP contribution >= 0.6 is 11.6 Å². The van der Waals surface area contributed by atoms with Crippen LogP contribution in [0.25, 0.3) is 0 Å². The fourth-order valence-electron chi connectivity index (χ4n) is 1.32. The predicted octanol–water partition coefficient (Wildman–Crippen LogP) is 2.95. The van der Waals surface area contributed by atoms with Crippen LogP contribution in [0, 0.1) is 6.92 Å². The molecular formula is C12H15ClO2S. The average molecular weight is 259 g/mol. The van der Waals surface area contributed by atoms with Crippen LogP contribution in [-0.2, 0) is 9.84 Å². The van der Waals surface area contributed by atoms with Gasteiger partial charge in [0.25, 0.3) is 0 Å². The number of benzene rings is 1. The molecule has 2 nitrogen and oxygen atoms in total. The van der Waals surface area contributed by atoms with Gasteiger partial charge >= 0.3 is 0 Å². The molecule has 0 N–H and O–H groups in total. The summed E-state index contributed by atoms with van der Waals surface area (Å²) in [6.07, 6.45) is 1.72. The molecule has 88 valence electrons. The van der Waals surface area contributed by atoms with E-state index in [9.17, 15) is 8.42 Å². The third-order valence-corrected chi connectivity index (χ3v) is 4.20. The standard InChI is InChI=1S/C12H15ClO2S/c1-10-3-5-12(6-4-10)16(14,15)9-11(2)7-8-13/h3-7H,8-9H2,1-2H3. The smallest absolute Gasteiger partial charge is 0.182 e. The van der Waals surface area contributed by atoms with Crippen molar-refractivity contribution >= 4 is 21.4 Å². The highest BCUT2D eigenvalue weighted by molar-refractivity contribution is 7.91. The van der Waals surface area contributed by atoms with Crippen molar-refractivity contribution in [3.8, 4) is 0 Å². The summed E-state index contributed by atoms with van der Waals surface area (Å²) >= 11 is 5.52. The second-order valence-electron chi connectivity index (χ2n) is 3.78. The maximum absolute atomic E-state index is 11.9. The van der Waals surface area contributed by atoms with Gasteiger partial charge in [0.1, 0.15) is 0 Å². The fraction of sp³-hybridized carbons (Fsp3) is 0.333. The molecule has 16 heavy (non-hydrogen) atoms. The number of allylic oxidation sites excluding steroid dienone is 1. The molecule has 0 aliphatic heterocycles. The summed E-state index contributed by atoms with van der Waals surface area (Å²) in [6.45, 7) is 3.70. The van der Waals surface area contributed by atoms with Gasteiger partial charge in [0, 0.05) is 5.88 Å². The predicted molar refractivity (Wildman–Crippen MR) is 67.7 cm³/mol. The minimum Gasteiger partial charge on any atom is -0.223 e. The third-order valence-electron chi connectivity index (χ3n) is 2.22. The number of hydrogen-bond donors (Lipinski definition) is 0. The molecule has 1 rings (SSSR count). The first-order chi connectivity index (χ1) is 7.45. The molecule has 0 spiro atoms. The SMILES string of the molecule is CC(=CCCl)CS(=O)(=O)c1ccc(C)cc1. The maximum Gasteiger partial charge on any atom is 0.182 e. The zero-order chi connectivity index (χ0) is 12.2. The number of hydrogen-bond acceptors (Lipinski definition) is 2. The molecule has 0 amide bonds. The highest BCUT2D eigenvalue weighted by Gasteiger charge is 2.14. The monoisotopic (exact) mass is 258 g/mol. The summed E-state index contributed by atoms with van der Waals surface area (Å²) in [4.78, 5) is 0.362. The first-order valence-electron chi connectivity index (χ1n) is 4.97. The Morgan fingerprint density at radius 3 is 2.38 bits per heavy atom. The molecule has 0 unspecified atom stereocenters. The van der Waals surface area contributed by atoms with Crippen molar-refractivity contribution in [1.29, 1.82) is 0 Å². The van der Waals surface area contributed by atoms with Crippen LogP contribution in [-0.4, -0.2) is 20.1 Å². The molecule has 0 saturated heterocycles. The van der Waals surface area contributed by atoms with Gasteiger partial charge in [-0.1, -0.05) is 29.3 Å². The Morgan fingerprint density at radius 2 is 1.88 bits per heavy atom. The first-order valence-corrected chi connectivity index (χ1v) is 7.15. The summed E-state index contributed by atoms with van der Waals surface area (Å²) in [5, 5.41) is 0. The van der Waals surface area contributed by atoms with Gasteiger partial charge in [-0.2, -0.15) is 0 Å². The van der Waals surface area contributed by atoms with Crippen molar-refractivity contribution in [1.82, 2.24) is 0 Å². The lowest BCUT2D eigenvalue weighted by atomic mass is 10.2. The van der Waals surface area contributed by atoms with E-state index in [-0.39, 0.29) is 5.75 Å². The Morgan fingerprint density at radius 1 is 1.31 bits per heavy atom. The highest BCUT2D eigenvalue weighted by Crippen LogP contribution is 2.14. The second kappa shape index (κ2) is 5.51. The molecule has 0 heterocycles. The van der Waals surface area contributed by atoms with Crippen LogP contribution in [0.1, 0.15) is 12.5 Å². The molecule has 0 atom stereocenters. The Hall–Kier alpha value is -0.800. The highest BCUT2D eigenvalue weighted by atomic mass is 35.5. The number of alkyl halides is 1. The first kappa shape index (κ1) is 13.3. The number of sulfone groups is 1. The zero-order valence-corrected chi connectivity index (χ0v) is 11.0. The number of aryl methyl sites for hydroxylation is 1. The van der Waals surface area contributed by atoms with Gasteiger partial charge in [-0.15, -0.1) is 11.6 Å². The molecule has 0 radical (unpaired) electrons. The van der Waals surface area contributed by atoms with Gasteiger partial charge in [0.05, 0.1) is 10.6 Å². The van der Waals surface area contributed by atoms with E-state index in [0.717, 1.165) is 11.1 Å². The molecule has 1 aromatic rings. The van der Waals surface area contributed by atoms with Crippen molar-refractivity contribution in [2.45, 2.75) is 18.7 Å². The molecule has 0 bridgehead atoms. The van der Waals surface area contributed by atoms with Gasteiger partial charge in [0.2, 0.25) is 0 Å². The molecule has 0 aliphatic rings. The lowest BCUT2D eigenvalue weighted by molar-refractivity contribution is 0.598. The van der Waals surface area contributed by atoms with E-state index in [1.54, 1.807) is 37.3 Å². The second-order valence-corrected chi connectivity index (χ2v) is 6.08. The van der Waals surface area contributed by atoms with Gasteiger partial charge in [-0.25, -0.2) is 8.42 Å². The zero-order valence-electron chi connectivity index (χ0n) is 9.40. The Kier molecular flexibility index (Phi) is 4.56. The van der Waals surface area contributed by atoms with Crippen LogP contribution < -0.4 is 0 Å². The van der Waals surface area contributed by atoms with E-state index in [1.165, 1.54) is 0 Å². The summed E-state index contributed by atoms with van der Waals surface area (Å²) in [5.41, 5.74) is 1.82. The molecule has 0 aromatic heterocycles. The van der Waals surface area contributed by atoms with Gasteiger partial charge in [0.15, 0.2) is 9.84 Å². The maximum atomic E-state index is 11.9. The summed E-state index contributed by atoms with van der Waals surface area (Å²) in [6, 6.07) is 6.87. The topological polar surface area (TPSA) is 34.1 Å². The fourth-order valence-corrected chi connectivity index (χ4v) is 3.02. The minimum absolute atomic E-state index is 0.0305.